The number of hydrogen-bond donors (Lipinski definition) is 2. The lowest BCUT2D eigenvalue weighted by atomic mass is 10.1. The van der Waals surface area contributed by atoms with Gasteiger partial charge in [0.25, 0.3) is 5.91 Å². The highest BCUT2D eigenvalue weighted by Crippen LogP contribution is 2.21. The predicted octanol–water partition coefficient (Wildman–Crippen LogP) is 2.33. The van der Waals surface area contributed by atoms with Crippen molar-refractivity contribution in [2.45, 2.75) is 6.92 Å². The molecule has 0 saturated carbocycles. The number of halogens is 1. The van der Waals surface area contributed by atoms with Gasteiger partial charge in [-0.05, 0) is 31.2 Å². The van der Waals surface area contributed by atoms with Crippen molar-refractivity contribution in [3.8, 4) is 0 Å². The summed E-state index contributed by atoms with van der Waals surface area (Å²) in [6.07, 6.45) is 0. The Labute approximate surface area is 120 Å². The first-order valence-corrected chi connectivity index (χ1v) is 6.11. The number of anilines is 1. The van der Waals surface area contributed by atoms with Crippen molar-refractivity contribution < 1.29 is 14.7 Å². The summed E-state index contributed by atoms with van der Waals surface area (Å²) in [6, 6.07) is 5.87. The van der Waals surface area contributed by atoms with E-state index in [4.69, 9.17) is 16.7 Å². The van der Waals surface area contributed by atoms with E-state index in [-0.39, 0.29) is 16.3 Å². The molecule has 0 bridgehead atoms. The summed E-state index contributed by atoms with van der Waals surface area (Å²) in [5, 5.41) is 16.0. The van der Waals surface area contributed by atoms with Gasteiger partial charge in [-0.3, -0.25) is 9.48 Å². The molecule has 2 N–H and O–H groups in total. The summed E-state index contributed by atoms with van der Waals surface area (Å²) in [7, 11) is 1.64. The minimum atomic E-state index is -1.16. The third-order valence-electron chi connectivity index (χ3n) is 2.69. The Bertz CT molecular complexity index is 694. The molecule has 1 heterocycles. The molecule has 1 amide bonds. The molecule has 104 valence electrons. The summed E-state index contributed by atoms with van der Waals surface area (Å²) in [5.74, 6) is -1.60. The van der Waals surface area contributed by atoms with E-state index >= 15 is 0 Å². The van der Waals surface area contributed by atoms with Crippen molar-refractivity contribution in [2.75, 3.05) is 5.32 Å². The molecular weight excluding hydrogens is 282 g/mol. The highest BCUT2D eigenvalue weighted by molar-refractivity contribution is 6.31. The van der Waals surface area contributed by atoms with Crippen LogP contribution in [0.1, 0.15) is 26.5 Å². The highest BCUT2D eigenvalue weighted by Gasteiger charge is 2.16. The van der Waals surface area contributed by atoms with Gasteiger partial charge in [-0.15, -0.1) is 0 Å². The standard InChI is InChI=1S/C13H12ClN3O3/c1-7-5-11(17(2)16-7)12(18)15-10-4-3-8(14)6-9(10)13(19)20/h3-6H,1-2H3,(H,15,18)(H,19,20). The number of hydrogen-bond acceptors (Lipinski definition) is 3. The van der Waals surface area contributed by atoms with Gasteiger partial charge in [-0.25, -0.2) is 4.79 Å². The van der Waals surface area contributed by atoms with Crippen molar-refractivity contribution in [2.24, 2.45) is 7.05 Å². The number of nitrogens with one attached hydrogen (secondary N) is 1. The largest absolute Gasteiger partial charge is 0.478 e. The molecule has 20 heavy (non-hydrogen) atoms. The lowest BCUT2D eigenvalue weighted by Gasteiger charge is -2.08. The van der Waals surface area contributed by atoms with Crippen LogP contribution in [-0.2, 0) is 7.05 Å². The molecular formula is C13H12ClN3O3. The van der Waals surface area contributed by atoms with E-state index in [1.165, 1.54) is 22.9 Å². The zero-order valence-electron chi connectivity index (χ0n) is 10.8. The molecule has 2 aromatic rings. The van der Waals surface area contributed by atoms with Crippen LogP contribution in [0.3, 0.4) is 0 Å². The number of nitrogens with zero attached hydrogens (tertiary/aromatic N) is 2. The second kappa shape index (κ2) is 5.34. The van der Waals surface area contributed by atoms with Gasteiger partial charge in [0.15, 0.2) is 0 Å². The van der Waals surface area contributed by atoms with Gasteiger partial charge in [0, 0.05) is 12.1 Å². The molecule has 2 rings (SSSR count). The normalized spacial score (nSPS) is 10.3. The number of rotatable bonds is 3. The highest BCUT2D eigenvalue weighted by atomic mass is 35.5. The Morgan fingerprint density at radius 2 is 2.05 bits per heavy atom. The van der Waals surface area contributed by atoms with E-state index < -0.39 is 11.9 Å². The summed E-state index contributed by atoms with van der Waals surface area (Å²) >= 11 is 5.75. The second-order valence-electron chi connectivity index (χ2n) is 4.24. The van der Waals surface area contributed by atoms with Crippen molar-refractivity contribution in [1.29, 1.82) is 0 Å². The summed E-state index contributed by atoms with van der Waals surface area (Å²) < 4.78 is 1.43. The van der Waals surface area contributed by atoms with Gasteiger partial charge in [0.1, 0.15) is 5.69 Å². The molecule has 0 atom stereocenters. The van der Waals surface area contributed by atoms with Crippen LogP contribution in [0.25, 0.3) is 0 Å². The smallest absolute Gasteiger partial charge is 0.337 e. The first-order valence-electron chi connectivity index (χ1n) is 5.73. The lowest BCUT2D eigenvalue weighted by molar-refractivity contribution is 0.0698. The fourth-order valence-corrected chi connectivity index (χ4v) is 1.98. The topological polar surface area (TPSA) is 84.2 Å². The first-order chi connectivity index (χ1) is 9.38. The van der Waals surface area contributed by atoms with Gasteiger partial charge in [-0.1, -0.05) is 11.6 Å². The molecule has 1 aromatic carbocycles. The predicted molar refractivity (Wildman–Crippen MR) is 74.3 cm³/mol. The van der Waals surface area contributed by atoms with E-state index in [0.717, 1.165) is 0 Å². The maximum absolute atomic E-state index is 12.1. The molecule has 7 heteroatoms. The van der Waals surface area contributed by atoms with Gasteiger partial charge < -0.3 is 10.4 Å². The molecule has 0 spiro atoms. The van der Waals surface area contributed by atoms with E-state index in [1.54, 1.807) is 20.0 Å². The van der Waals surface area contributed by atoms with E-state index in [9.17, 15) is 9.59 Å². The first kappa shape index (κ1) is 14.1. The summed E-state index contributed by atoms with van der Waals surface area (Å²) in [6.45, 7) is 1.77. The molecule has 1 aromatic heterocycles. The monoisotopic (exact) mass is 293 g/mol. The molecule has 0 saturated heterocycles. The van der Waals surface area contributed by atoms with E-state index in [1.807, 2.05) is 0 Å². The fraction of sp³-hybridized carbons (Fsp3) is 0.154. The third kappa shape index (κ3) is 2.80. The van der Waals surface area contributed by atoms with Crippen LogP contribution in [0, 0.1) is 6.92 Å². The summed E-state index contributed by atoms with van der Waals surface area (Å²) in [4.78, 5) is 23.2. The number of aryl methyl sites for hydroxylation is 2. The minimum absolute atomic E-state index is 0.0651. The van der Waals surface area contributed by atoms with Crippen LogP contribution in [0.4, 0.5) is 5.69 Å². The van der Waals surface area contributed by atoms with Crippen LogP contribution in [0.2, 0.25) is 5.02 Å². The zero-order valence-corrected chi connectivity index (χ0v) is 11.6. The van der Waals surface area contributed by atoms with Crippen LogP contribution >= 0.6 is 11.6 Å². The Hall–Kier alpha value is -2.34. The van der Waals surface area contributed by atoms with Gasteiger partial charge >= 0.3 is 5.97 Å². The molecule has 0 radical (unpaired) electrons. The van der Waals surface area contributed by atoms with Crippen molar-refractivity contribution in [3.63, 3.8) is 0 Å². The number of aromatic carboxylic acids is 1. The van der Waals surface area contributed by atoms with E-state index in [2.05, 4.69) is 10.4 Å². The van der Waals surface area contributed by atoms with Gasteiger partial charge in [0.05, 0.1) is 16.9 Å². The Kier molecular flexibility index (Phi) is 3.76. The number of carbonyl (C=O) groups is 2. The Morgan fingerprint density at radius 3 is 2.60 bits per heavy atom. The zero-order chi connectivity index (χ0) is 14.9. The number of aromatic nitrogens is 2. The molecule has 0 fully saturated rings. The van der Waals surface area contributed by atoms with Crippen LogP contribution in [0.5, 0.6) is 0 Å². The van der Waals surface area contributed by atoms with Crippen molar-refractivity contribution in [1.82, 2.24) is 9.78 Å². The fourth-order valence-electron chi connectivity index (χ4n) is 1.81. The van der Waals surface area contributed by atoms with Crippen LogP contribution < -0.4 is 5.32 Å². The third-order valence-corrected chi connectivity index (χ3v) is 2.93. The van der Waals surface area contributed by atoms with Crippen molar-refractivity contribution >= 4 is 29.2 Å². The number of carboxylic acids is 1. The quantitative estimate of drug-likeness (QED) is 0.909. The lowest BCUT2D eigenvalue weighted by Crippen LogP contribution is -2.18. The number of amides is 1. The Balaban J connectivity index is 2.33. The van der Waals surface area contributed by atoms with Crippen molar-refractivity contribution in [3.05, 3.63) is 46.2 Å². The Morgan fingerprint density at radius 1 is 1.35 bits per heavy atom. The number of carboxylic acid groups (broad SMARTS) is 1. The molecule has 0 unspecified atom stereocenters. The number of carbonyl (C=O) groups excluding carboxylic acids is 1. The average Bonchev–Trinajstić information content (AvgIpc) is 2.70. The van der Waals surface area contributed by atoms with Crippen LogP contribution in [0.15, 0.2) is 24.3 Å². The second-order valence-corrected chi connectivity index (χ2v) is 4.68. The molecule has 6 nitrogen and oxygen atoms in total. The maximum Gasteiger partial charge on any atom is 0.337 e. The van der Waals surface area contributed by atoms with Crippen LogP contribution in [-0.4, -0.2) is 26.8 Å². The number of benzene rings is 1. The SMILES string of the molecule is Cc1cc(C(=O)Nc2ccc(Cl)cc2C(=O)O)n(C)n1. The molecule has 0 aliphatic carbocycles. The summed E-state index contributed by atoms with van der Waals surface area (Å²) in [5.41, 5.74) is 1.16. The molecule has 0 aliphatic rings. The molecule has 0 aliphatic heterocycles. The van der Waals surface area contributed by atoms with Gasteiger partial charge in [0.2, 0.25) is 0 Å². The average molecular weight is 294 g/mol. The minimum Gasteiger partial charge on any atom is -0.478 e. The van der Waals surface area contributed by atoms with Gasteiger partial charge in [-0.2, -0.15) is 5.10 Å². The van der Waals surface area contributed by atoms with E-state index in [0.29, 0.717) is 11.4 Å². The maximum atomic E-state index is 12.1.